The zero-order chi connectivity index (χ0) is 17.5. The molecule has 0 radical (unpaired) electrons. The summed E-state index contributed by atoms with van der Waals surface area (Å²) in [4.78, 5) is 0. The van der Waals surface area contributed by atoms with Gasteiger partial charge < -0.3 is 0 Å². The second kappa shape index (κ2) is 6.16. The van der Waals surface area contributed by atoms with Gasteiger partial charge in [-0.3, -0.25) is 0 Å². The van der Waals surface area contributed by atoms with Gasteiger partial charge in [-0.1, -0.05) is 96.5 Å². The molecule has 4 aromatic rings. The van der Waals surface area contributed by atoms with E-state index in [0.29, 0.717) is 0 Å². The van der Waals surface area contributed by atoms with Crippen molar-refractivity contribution in [1.29, 1.82) is 0 Å². The Morgan fingerprint density at radius 3 is 2.35 bits per heavy atom. The summed E-state index contributed by atoms with van der Waals surface area (Å²) in [6, 6.07) is 30.0. The van der Waals surface area contributed by atoms with Gasteiger partial charge in [-0.15, -0.1) is 0 Å². The molecule has 0 aliphatic heterocycles. The van der Waals surface area contributed by atoms with Gasteiger partial charge in [0.15, 0.2) is 0 Å². The number of benzene rings is 4. The average Bonchev–Trinajstić information content (AvgIpc) is 3.12. The Kier molecular flexibility index (Phi) is 3.65. The fourth-order valence-electron chi connectivity index (χ4n) is 3.93. The second-order valence-electron chi connectivity index (χ2n) is 6.76. The highest BCUT2D eigenvalue weighted by Gasteiger charge is 2.23. The molecule has 0 saturated carbocycles. The number of allylic oxidation sites excluding steroid dienone is 1. The van der Waals surface area contributed by atoms with Crippen LogP contribution in [0, 0.1) is 0 Å². The van der Waals surface area contributed by atoms with Crippen LogP contribution < -0.4 is 0 Å². The third-order valence-electron chi connectivity index (χ3n) is 5.21. The van der Waals surface area contributed by atoms with E-state index in [1.54, 1.807) is 0 Å². The van der Waals surface area contributed by atoms with Crippen molar-refractivity contribution in [2.45, 2.75) is 5.92 Å². The summed E-state index contributed by atoms with van der Waals surface area (Å²) in [5.74, 6) is 0.279. The van der Waals surface area contributed by atoms with Crippen LogP contribution in [0.3, 0.4) is 0 Å². The van der Waals surface area contributed by atoms with Gasteiger partial charge in [-0.25, -0.2) is 0 Å². The Morgan fingerprint density at radius 1 is 0.692 bits per heavy atom. The normalized spacial score (nSPS) is 15.3. The minimum atomic E-state index is 0.279. The summed E-state index contributed by atoms with van der Waals surface area (Å²) in [5, 5.41) is 3.34. The minimum absolute atomic E-state index is 0.279. The Bertz CT molecular complexity index is 1140. The van der Waals surface area contributed by atoms with E-state index >= 15 is 0 Å². The smallest absolute Gasteiger partial charge is 0.0406 e. The van der Waals surface area contributed by atoms with E-state index < -0.39 is 0 Å². The summed E-state index contributed by atoms with van der Waals surface area (Å²) in [7, 11) is 0. The summed E-state index contributed by atoms with van der Waals surface area (Å²) in [5.41, 5.74) is 6.50. The SMILES string of the molecule is Clc1ccc(-c2cccc3c2C(c2ccc4ccccc4c2)C=C3)cc1. The van der Waals surface area contributed by atoms with Gasteiger partial charge in [-0.05, 0) is 50.7 Å². The van der Waals surface area contributed by atoms with Crippen LogP contribution in [0.2, 0.25) is 5.02 Å². The van der Waals surface area contributed by atoms with Crippen molar-refractivity contribution in [1.82, 2.24) is 0 Å². The molecule has 1 aliphatic carbocycles. The Labute approximate surface area is 158 Å². The van der Waals surface area contributed by atoms with E-state index in [0.717, 1.165) is 5.02 Å². The molecule has 0 spiro atoms. The predicted octanol–water partition coefficient (Wildman–Crippen LogP) is 7.32. The molecule has 0 amide bonds. The van der Waals surface area contributed by atoms with Gasteiger partial charge in [0, 0.05) is 10.9 Å². The highest BCUT2D eigenvalue weighted by atomic mass is 35.5. The molecule has 0 nitrogen and oxygen atoms in total. The monoisotopic (exact) mass is 352 g/mol. The molecule has 0 heterocycles. The minimum Gasteiger partial charge on any atom is -0.0843 e. The Balaban J connectivity index is 1.66. The average molecular weight is 353 g/mol. The van der Waals surface area contributed by atoms with Gasteiger partial charge >= 0.3 is 0 Å². The molecule has 0 bridgehead atoms. The fourth-order valence-corrected chi connectivity index (χ4v) is 4.06. The van der Waals surface area contributed by atoms with Crippen molar-refractivity contribution in [3.63, 3.8) is 0 Å². The molecule has 1 heteroatoms. The van der Waals surface area contributed by atoms with Gasteiger partial charge in [0.1, 0.15) is 0 Å². The maximum atomic E-state index is 6.08. The number of fused-ring (bicyclic) bond motifs is 2. The topological polar surface area (TPSA) is 0 Å². The van der Waals surface area contributed by atoms with Gasteiger partial charge in [0.05, 0.1) is 0 Å². The van der Waals surface area contributed by atoms with Crippen LogP contribution in [-0.4, -0.2) is 0 Å². The van der Waals surface area contributed by atoms with E-state index in [-0.39, 0.29) is 5.92 Å². The highest BCUT2D eigenvalue weighted by Crippen LogP contribution is 2.42. The number of rotatable bonds is 2. The first kappa shape index (κ1) is 15.4. The lowest BCUT2D eigenvalue weighted by Crippen LogP contribution is -1.99. The summed E-state index contributed by atoms with van der Waals surface area (Å²) in [6.07, 6.45) is 4.56. The number of halogens is 1. The Hall–Kier alpha value is -2.83. The van der Waals surface area contributed by atoms with Crippen LogP contribution in [0.5, 0.6) is 0 Å². The third-order valence-corrected chi connectivity index (χ3v) is 5.46. The molecular formula is C25H17Cl. The largest absolute Gasteiger partial charge is 0.0843 e. The molecule has 26 heavy (non-hydrogen) atoms. The molecule has 5 rings (SSSR count). The fraction of sp³-hybridized carbons (Fsp3) is 0.0400. The van der Waals surface area contributed by atoms with Crippen LogP contribution in [-0.2, 0) is 0 Å². The van der Waals surface area contributed by atoms with Crippen molar-refractivity contribution in [3.8, 4) is 11.1 Å². The lowest BCUT2D eigenvalue weighted by Gasteiger charge is -2.17. The van der Waals surface area contributed by atoms with Crippen LogP contribution in [0.4, 0.5) is 0 Å². The van der Waals surface area contributed by atoms with Crippen LogP contribution in [0.15, 0.2) is 91.0 Å². The molecule has 4 aromatic carbocycles. The third kappa shape index (κ3) is 2.55. The lowest BCUT2D eigenvalue weighted by molar-refractivity contribution is 1.06. The lowest BCUT2D eigenvalue weighted by atomic mass is 9.86. The predicted molar refractivity (Wildman–Crippen MR) is 112 cm³/mol. The first-order valence-corrected chi connectivity index (χ1v) is 9.23. The van der Waals surface area contributed by atoms with Crippen molar-refractivity contribution >= 4 is 28.4 Å². The molecular weight excluding hydrogens is 336 g/mol. The van der Waals surface area contributed by atoms with Crippen molar-refractivity contribution < 1.29 is 0 Å². The van der Waals surface area contributed by atoms with Crippen molar-refractivity contribution in [3.05, 3.63) is 113 Å². The maximum Gasteiger partial charge on any atom is 0.0406 e. The molecule has 1 aliphatic rings. The quantitative estimate of drug-likeness (QED) is 0.354. The van der Waals surface area contributed by atoms with Gasteiger partial charge in [0.25, 0.3) is 0 Å². The standard InChI is InChI=1S/C25H17Cl/c26-22-13-10-18(11-14-22)23-7-3-6-19-12-15-24(25(19)23)21-9-8-17-4-1-2-5-20(17)16-21/h1-16,24H. The molecule has 124 valence electrons. The molecule has 0 saturated heterocycles. The highest BCUT2D eigenvalue weighted by molar-refractivity contribution is 6.30. The van der Waals surface area contributed by atoms with Gasteiger partial charge in [-0.2, -0.15) is 0 Å². The maximum absolute atomic E-state index is 6.08. The Morgan fingerprint density at radius 2 is 1.50 bits per heavy atom. The van der Waals surface area contributed by atoms with E-state index in [9.17, 15) is 0 Å². The molecule has 0 aromatic heterocycles. The van der Waals surface area contributed by atoms with E-state index in [1.807, 2.05) is 12.1 Å². The molecule has 1 atom stereocenters. The molecule has 0 N–H and O–H groups in total. The van der Waals surface area contributed by atoms with Crippen LogP contribution in [0.25, 0.3) is 28.0 Å². The van der Waals surface area contributed by atoms with Crippen molar-refractivity contribution in [2.24, 2.45) is 0 Å². The summed E-state index contributed by atoms with van der Waals surface area (Å²) >= 11 is 6.08. The second-order valence-corrected chi connectivity index (χ2v) is 7.20. The summed E-state index contributed by atoms with van der Waals surface area (Å²) < 4.78 is 0. The van der Waals surface area contributed by atoms with Crippen LogP contribution in [0.1, 0.15) is 22.6 Å². The van der Waals surface area contributed by atoms with Gasteiger partial charge in [0.2, 0.25) is 0 Å². The van der Waals surface area contributed by atoms with Crippen LogP contribution >= 0.6 is 11.6 Å². The zero-order valence-electron chi connectivity index (χ0n) is 14.2. The zero-order valence-corrected chi connectivity index (χ0v) is 14.9. The number of hydrogen-bond acceptors (Lipinski definition) is 0. The molecule has 0 fully saturated rings. The van der Waals surface area contributed by atoms with Crippen molar-refractivity contribution in [2.75, 3.05) is 0 Å². The first-order valence-electron chi connectivity index (χ1n) is 8.85. The summed E-state index contributed by atoms with van der Waals surface area (Å²) in [6.45, 7) is 0. The van der Waals surface area contributed by atoms with E-state index in [2.05, 4.69) is 84.9 Å². The van der Waals surface area contributed by atoms with E-state index in [1.165, 1.54) is 38.6 Å². The molecule has 1 unspecified atom stereocenters. The first-order chi connectivity index (χ1) is 12.8. The number of hydrogen-bond donors (Lipinski definition) is 0. The van der Waals surface area contributed by atoms with E-state index in [4.69, 9.17) is 11.6 Å².